The van der Waals surface area contributed by atoms with Gasteiger partial charge >= 0.3 is 6.01 Å². The molecule has 5 rings (SSSR count). The van der Waals surface area contributed by atoms with Crippen molar-refractivity contribution in [2.24, 2.45) is 0 Å². The first kappa shape index (κ1) is 25.2. The van der Waals surface area contributed by atoms with Crippen LogP contribution in [-0.4, -0.2) is 76.5 Å². The minimum atomic E-state index is -0.866. The van der Waals surface area contributed by atoms with E-state index in [1.807, 2.05) is 13.8 Å². The Morgan fingerprint density at radius 1 is 1.26 bits per heavy atom. The van der Waals surface area contributed by atoms with Crippen LogP contribution in [0.5, 0.6) is 6.01 Å². The maximum Gasteiger partial charge on any atom is 0.320 e. The maximum atomic E-state index is 14.1. The molecule has 2 bridgehead atoms. The van der Waals surface area contributed by atoms with Crippen LogP contribution in [0.2, 0.25) is 0 Å². The third kappa shape index (κ3) is 4.76. The van der Waals surface area contributed by atoms with Crippen LogP contribution in [0.3, 0.4) is 0 Å². The van der Waals surface area contributed by atoms with Crippen molar-refractivity contribution in [2.75, 3.05) is 38.2 Å². The molecule has 2 aromatic rings. The minimum absolute atomic E-state index is 0. The van der Waals surface area contributed by atoms with Crippen LogP contribution in [0.4, 0.5) is 10.2 Å². The summed E-state index contributed by atoms with van der Waals surface area (Å²) in [6.07, 6.45) is 6.24. The number of halogens is 1. The van der Waals surface area contributed by atoms with Gasteiger partial charge in [-0.25, -0.2) is 4.39 Å². The molecule has 3 fully saturated rings. The van der Waals surface area contributed by atoms with E-state index in [9.17, 15) is 4.39 Å². The zero-order valence-electron chi connectivity index (χ0n) is 21.9. The lowest BCUT2D eigenvalue weighted by Crippen LogP contribution is -2.51. The molecule has 0 saturated carbocycles. The van der Waals surface area contributed by atoms with Gasteiger partial charge in [0.2, 0.25) is 0 Å². The summed E-state index contributed by atoms with van der Waals surface area (Å²) < 4.78 is 22.5. The van der Waals surface area contributed by atoms with Crippen LogP contribution in [0.1, 0.15) is 66.8 Å². The highest BCUT2D eigenvalue weighted by Crippen LogP contribution is 2.36. The van der Waals surface area contributed by atoms with E-state index in [1.54, 1.807) is 6.92 Å². The minimum Gasteiger partial charge on any atom is -0.461 e. The summed E-state index contributed by atoms with van der Waals surface area (Å²) in [6.45, 7) is 14.1. The highest BCUT2D eigenvalue weighted by Gasteiger charge is 2.41. The van der Waals surface area contributed by atoms with Crippen LogP contribution < -0.4 is 15.0 Å². The molecule has 8 heteroatoms. The molecule has 0 aromatic carbocycles. The van der Waals surface area contributed by atoms with Crippen molar-refractivity contribution in [2.45, 2.75) is 97.1 Å². The Hall–Kier alpha value is -1.93. The lowest BCUT2D eigenvalue weighted by atomic mass is 9.91. The Bertz CT molecular complexity index is 972. The third-order valence-corrected chi connectivity index (χ3v) is 7.80. The number of alkyl halides is 1. The van der Waals surface area contributed by atoms with Crippen LogP contribution in [0.25, 0.3) is 11.0 Å². The predicted molar refractivity (Wildman–Crippen MR) is 139 cm³/mol. The number of aryl methyl sites for hydroxylation is 2. The fourth-order valence-corrected chi connectivity index (χ4v) is 6.14. The average Bonchev–Trinajstić information content (AvgIpc) is 3.47. The fraction of sp³-hybridized carbons (Fsp3) is 0.769. The number of aromatic nitrogens is 3. The van der Waals surface area contributed by atoms with Gasteiger partial charge in [-0.05, 0) is 72.0 Å². The maximum absolute atomic E-state index is 14.1. The number of fused-ring (bicyclic) bond motifs is 3. The molecule has 3 aliphatic heterocycles. The van der Waals surface area contributed by atoms with E-state index in [0.29, 0.717) is 31.1 Å². The molecular weight excluding hydrogens is 431 g/mol. The van der Waals surface area contributed by atoms with Crippen molar-refractivity contribution >= 4 is 16.9 Å². The molecule has 0 radical (unpaired) electrons. The van der Waals surface area contributed by atoms with Crippen molar-refractivity contribution in [3.8, 4) is 6.01 Å². The lowest BCUT2D eigenvalue weighted by Gasteiger charge is -2.36. The lowest BCUT2D eigenvalue weighted by molar-refractivity contribution is 0.0626. The van der Waals surface area contributed by atoms with E-state index in [1.165, 1.54) is 18.4 Å². The first-order chi connectivity index (χ1) is 16.4. The van der Waals surface area contributed by atoms with Crippen molar-refractivity contribution in [3.63, 3.8) is 0 Å². The monoisotopic (exact) mass is 476 g/mol. The van der Waals surface area contributed by atoms with Crippen molar-refractivity contribution in [1.82, 2.24) is 24.8 Å². The summed E-state index contributed by atoms with van der Waals surface area (Å²) in [4.78, 5) is 14.5. The van der Waals surface area contributed by atoms with Gasteiger partial charge in [0.1, 0.15) is 18.1 Å². The van der Waals surface area contributed by atoms with Gasteiger partial charge < -0.3 is 19.5 Å². The summed E-state index contributed by atoms with van der Waals surface area (Å²) in [6, 6.07) is 1.47. The molecule has 3 aliphatic rings. The molecular formula is C26H45FN6O. The second-order valence-corrected chi connectivity index (χ2v) is 10.2. The standard InChI is InChI=1S/C24H37FN6O.C2H6.H2/c1-5-30-12-16(2)20-21(30)27-23(28-22(20)31-13-18-7-8-19(14-31)26-18)32-15-24(11-17(3)25)9-6-10-29(24)4;1-2;/h12,17-19,26H,5-11,13-15H2,1-4H3;1-2H3;1H/t17-,18?,19?,24-;;/m0../s1. The summed E-state index contributed by atoms with van der Waals surface area (Å²) in [5, 5.41) is 4.84. The van der Waals surface area contributed by atoms with E-state index in [0.717, 1.165) is 55.9 Å². The first-order valence-corrected chi connectivity index (χ1v) is 13.2. The summed E-state index contributed by atoms with van der Waals surface area (Å²) >= 11 is 0. The molecule has 7 nitrogen and oxygen atoms in total. The molecule has 2 aromatic heterocycles. The first-order valence-electron chi connectivity index (χ1n) is 13.2. The number of anilines is 1. The average molecular weight is 477 g/mol. The van der Waals surface area contributed by atoms with Crippen LogP contribution in [-0.2, 0) is 6.54 Å². The van der Waals surface area contributed by atoms with E-state index in [-0.39, 0.29) is 6.97 Å². The molecule has 2 unspecified atom stereocenters. The van der Waals surface area contributed by atoms with Gasteiger partial charge in [-0.1, -0.05) is 13.8 Å². The van der Waals surface area contributed by atoms with Gasteiger partial charge in [0.15, 0.2) is 0 Å². The zero-order valence-corrected chi connectivity index (χ0v) is 21.9. The van der Waals surface area contributed by atoms with Gasteiger partial charge in [0, 0.05) is 39.3 Å². The molecule has 5 heterocycles. The zero-order chi connectivity index (χ0) is 24.5. The normalized spacial score (nSPS) is 27.7. The van der Waals surface area contributed by atoms with E-state index in [4.69, 9.17) is 14.7 Å². The molecule has 192 valence electrons. The number of nitrogens with zero attached hydrogens (tertiary/aromatic N) is 5. The Labute approximate surface area is 205 Å². The number of hydrogen-bond donors (Lipinski definition) is 1. The van der Waals surface area contributed by atoms with Gasteiger partial charge in [0.25, 0.3) is 0 Å². The molecule has 0 aliphatic carbocycles. The summed E-state index contributed by atoms with van der Waals surface area (Å²) in [5.74, 6) is 0.987. The SMILES string of the molecule is CC.CCn1cc(C)c2c(N3CC4CCC(C3)N4)nc(OC[C@@]3(C[C@H](C)F)CCCN3C)nc21.[HH]. The third-order valence-electron chi connectivity index (χ3n) is 7.80. The molecule has 1 N–H and O–H groups in total. The quantitative estimate of drug-likeness (QED) is 0.632. The molecule has 4 atom stereocenters. The second kappa shape index (κ2) is 10.4. The van der Waals surface area contributed by atoms with Crippen molar-refractivity contribution < 1.29 is 10.6 Å². The summed E-state index contributed by atoms with van der Waals surface area (Å²) in [7, 11) is 2.08. The molecule has 3 saturated heterocycles. The largest absolute Gasteiger partial charge is 0.461 e. The van der Waals surface area contributed by atoms with E-state index < -0.39 is 6.17 Å². The van der Waals surface area contributed by atoms with Gasteiger partial charge in [-0.2, -0.15) is 9.97 Å². The van der Waals surface area contributed by atoms with E-state index in [2.05, 4.69) is 46.8 Å². The number of likely N-dealkylation sites (tertiary alicyclic amines) is 1. The Morgan fingerprint density at radius 3 is 2.56 bits per heavy atom. The van der Waals surface area contributed by atoms with Crippen LogP contribution >= 0.6 is 0 Å². The summed E-state index contributed by atoms with van der Waals surface area (Å²) in [5.41, 5.74) is 1.85. The van der Waals surface area contributed by atoms with Crippen molar-refractivity contribution in [3.05, 3.63) is 11.8 Å². The molecule has 34 heavy (non-hydrogen) atoms. The van der Waals surface area contributed by atoms with Gasteiger partial charge in [0.05, 0.1) is 17.1 Å². The van der Waals surface area contributed by atoms with Crippen LogP contribution in [0, 0.1) is 6.92 Å². The second-order valence-electron chi connectivity index (χ2n) is 10.2. The number of hydrogen-bond acceptors (Lipinski definition) is 6. The number of nitrogens with one attached hydrogen (secondary N) is 1. The predicted octanol–water partition coefficient (Wildman–Crippen LogP) is 4.56. The number of piperazine rings is 1. The van der Waals surface area contributed by atoms with Gasteiger partial charge in [-0.3, -0.25) is 4.90 Å². The number of ether oxygens (including phenoxy) is 1. The van der Waals surface area contributed by atoms with Gasteiger partial charge in [-0.15, -0.1) is 0 Å². The number of rotatable bonds is 7. The van der Waals surface area contributed by atoms with Crippen LogP contribution in [0.15, 0.2) is 6.20 Å². The van der Waals surface area contributed by atoms with E-state index >= 15 is 0 Å². The molecule has 0 spiro atoms. The topological polar surface area (TPSA) is 58.5 Å². The number of likely N-dealkylation sites (N-methyl/N-ethyl adjacent to an activating group) is 1. The fourth-order valence-electron chi connectivity index (χ4n) is 6.14. The Kier molecular flexibility index (Phi) is 7.67. The smallest absolute Gasteiger partial charge is 0.320 e. The molecule has 0 amide bonds. The Balaban J connectivity index is 0.00000111. The highest BCUT2D eigenvalue weighted by molar-refractivity contribution is 5.91. The highest BCUT2D eigenvalue weighted by atomic mass is 19.1. The van der Waals surface area contributed by atoms with Crippen molar-refractivity contribution in [1.29, 1.82) is 0 Å². The Morgan fingerprint density at radius 2 is 1.97 bits per heavy atom.